The second-order valence-electron chi connectivity index (χ2n) is 5.64. The van der Waals surface area contributed by atoms with E-state index in [0.717, 1.165) is 17.0 Å². The van der Waals surface area contributed by atoms with Crippen LogP contribution in [-0.2, 0) is 9.59 Å². The van der Waals surface area contributed by atoms with Crippen LogP contribution >= 0.6 is 11.8 Å². The number of carbonyl (C=O) groups excluding carboxylic acids is 2. The first-order chi connectivity index (χ1) is 13.0. The molecule has 1 aliphatic heterocycles. The highest BCUT2D eigenvalue weighted by Gasteiger charge is 2.41. The fourth-order valence-corrected chi connectivity index (χ4v) is 3.66. The van der Waals surface area contributed by atoms with Crippen molar-refractivity contribution in [1.82, 2.24) is 0 Å². The normalized spacial score (nSPS) is 14.3. The number of halogens is 2. The maximum atomic E-state index is 14.2. The average Bonchev–Trinajstić information content (AvgIpc) is 2.87. The zero-order valence-electron chi connectivity index (χ0n) is 14.8. The van der Waals surface area contributed by atoms with Crippen molar-refractivity contribution in [3.63, 3.8) is 0 Å². The first kappa shape index (κ1) is 19.1. The molecule has 2 amide bonds. The molecule has 0 aliphatic carbocycles. The third-order valence-corrected chi connectivity index (χ3v) is 4.89. The fourth-order valence-electron chi connectivity index (χ4n) is 2.81. The number of benzene rings is 2. The van der Waals surface area contributed by atoms with Crippen LogP contribution in [0.1, 0.15) is 19.4 Å². The molecule has 1 aliphatic rings. The summed E-state index contributed by atoms with van der Waals surface area (Å²) in [5.74, 6) is -1.78. The highest BCUT2D eigenvalue weighted by atomic mass is 32.2. The first-order valence-electron chi connectivity index (χ1n) is 8.42. The number of carbonyl (C=O) groups is 2. The molecule has 27 heavy (non-hydrogen) atoms. The van der Waals surface area contributed by atoms with Gasteiger partial charge in [-0.3, -0.25) is 9.59 Å². The van der Waals surface area contributed by atoms with Crippen molar-refractivity contribution in [3.8, 4) is 5.75 Å². The molecule has 0 unspecified atom stereocenters. The zero-order chi connectivity index (χ0) is 19.6. The SMILES string of the molecule is CCOc1ccc(C2=C(SCC)C(=O)N(c3ccc(F)cc3F)C2=O)cc1. The largest absolute Gasteiger partial charge is 0.494 e. The third-order valence-electron chi connectivity index (χ3n) is 3.93. The van der Waals surface area contributed by atoms with Crippen molar-refractivity contribution in [2.75, 3.05) is 17.3 Å². The smallest absolute Gasteiger partial charge is 0.272 e. The molecule has 1 heterocycles. The van der Waals surface area contributed by atoms with Crippen molar-refractivity contribution in [2.24, 2.45) is 0 Å². The van der Waals surface area contributed by atoms with Gasteiger partial charge in [0.25, 0.3) is 11.8 Å². The van der Waals surface area contributed by atoms with Crippen LogP contribution in [-0.4, -0.2) is 24.2 Å². The molecular weight excluding hydrogens is 372 g/mol. The Balaban J connectivity index is 2.05. The molecule has 140 valence electrons. The zero-order valence-corrected chi connectivity index (χ0v) is 15.6. The second-order valence-corrected chi connectivity index (χ2v) is 6.91. The van der Waals surface area contributed by atoms with Crippen LogP contribution in [0.25, 0.3) is 5.57 Å². The minimum Gasteiger partial charge on any atom is -0.494 e. The summed E-state index contributed by atoms with van der Waals surface area (Å²) >= 11 is 1.22. The van der Waals surface area contributed by atoms with Gasteiger partial charge in [0.15, 0.2) is 0 Å². The van der Waals surface area contributed by atoms with Gasteiger partial charge in [-0.25, -0.2) is 13.7 Å². The van der Waals surface area contributed by atoms with Gasteiger partial charge in [-0.1, -0.05) is 19.1 Å². The summed E-state index contributed by atoms with van der Waals surface area (Å²) in [4.78, 5) is 26.8. The lowest BCUT2D eigenvalue weighted by Crippen LogP contribution is -2.32. The van der Waals surface area contributed by atoms with Crippen LogP contribution in [0.15, 0.2) is 47.4 Å². The molecule has 0 bridgehead atoms. The van der Waals surface area contributed by atoms with Gasteiger partial charge in [-0.2, -0.15) is 0 Å². The van der Waals surface area contributed by atoms with Gasteiger partial charge >= 0.3 is 0 Å². The maximum absolute atomic E-state index is 14.2. The van der Waals surface area contributed by atoms with E-state index in [1.165, 1.54) is 11.8 Å². The Labute approximate surface area is 159 Å². The van der Waals surface area contributed by atoms with Crippen molar-refractivity contribution in [1.29, 1.82) is 0 Å². The summed E-state index contributed by atoms with van der Waals surface area (Å²) < 4.78 is 32.8. The van der Waals surface area contributed by atoms with Gasteiger partial charge < -0.3 is 4.74 Å². The Kier molecular flexibility index (Phi) is 5.60. The van der Waals surface area contributed by atoms with Gasteiger partial charge in [0.2, 0.25) is 0 Å². The third kappa shape index (κ3) is 3.60. The quantitative estimate of drug-likeness (QED) is 0.687. The van der Waals surface area contributed by atoms with E-state index >= 15 is 0 Å². The lowest BCUT2D eigenvalue weighted by atomic mass is 10.1. The highest BCUT2D eigenvalue weighted by Crippen LogP contribution is 2.39. The molecule has 3 rings (SSSR count). The van der Waals surface area contributed by atoms with Crippen LogP contribution in [0.4, 0.5) is 14.5 Å². The molecular formula is C20H17F2NO3S. The summed E-state index contributed by atoms with van der Waals surface area (Å²) in [5, 5.41) is 0. The summed E-state index contributed by atoms with van der Waals surface area (Å²) in [6.45, 7) is 4.22. The Bertz CT molecular complexity index is 925. The molecule has 4 nitrogen and oxygen atoms in total. The molecule has 0 saturated heterocycles. The van der Waals surface area contributed by atoms with Gasteiger partial charge in [-0.15, -0.1) is 11.8 Å². The molecule has 2 aromatic carbocycles. The van der Waals surface area contributed by atoms with Crippen LogP contribution in [0, 0.1) is 11.6 Å². The lowest BCUT2D eigenvalue weighted by Gasteiger charge is -2.16. The molecule has 0 fully saturated rings. The van der Waals surface area contributed by atoms with Crippen LogP contribution < -0.4 is 9.64 Å². The minimum absolute atomic E-state index is 0.207. The fraction of sp³-hybridized carbons (Fsp3) is 0.200. The van der Waals surface area contributed by atoms with Crippen LogP contribution in [0.5, 0.6) is 5.75 Å². The predicted octanol–water partition coefficient (Wildman–Crippen LogP) is 4.40. The standard InChI is InChI=1S/C20H17F2NO3S/c1-3-26-14-8-5-12(6-9-14)17-18(27-4-2)20(25)23(19(17)24)16-10-7-13(21)11-15(16)22/h5-11H,3-4H2,1-2H3. The minimum atomic E-state index is -0.967. The van der Waals surface area contributed by atoms with E-state index in [-0.39, 0.29) is 16.2 Å². The predicted molar refractivity (Wildman–Crippen MR) is 102 cm³/mol. The molecule has 0 radical (unpaired) electrons. The molecule has 0 spiro atoms. The molecule has 0 N–H and O–H groups in total. The summed E-state index contributed by atoms with van der Waals surface area (Å²) in [6.07, 6.45) is 0. The van der Waals surface area contributed by atoms with Crippen LogP contribution in [0.2, 0.25) is 0 Å². The number of thioether (sulfide) groups is 1. The Hall–Kier alpha value is -2.67. The number of nitrogens with zero attached hydrogens (tertiary/aromatic N) is 1. The Morgan fingerprint density at radius 2 is 1.70 bits per heavy atom. The van der Waals surface area contributed by atoms with E-state index < -0.39 is 23.4 Å². The molecule has 0 aromatic heterocycles. The van der Waals surface area contributed by atoms with E-state index in [1.54, 1.807) is 24.3 Å². The average molecular weight is 389 g/mol. The number of imide groups is 1. The number of ether oxygens (including phenoxy) is 1. The summed E-state index contributed by atoms with van der Waals surface area (Å²) in [6, 6.07) is 9.55. The molecule has 0 saturated carbocycles. The number of hydrogen-bond acceptors (Lipinski definition) is 4. The Morgan fingerprint density at radius 1 is 1.00 bits per heavy atom. The summed E-state index contributed by atoms with van der Waals surface area (Å²) in [5.41, 5.74) is 0.484. The summed E-state index contributed by atoms with van der Waals surface area (Å²) in [7, 11) is 0. The topological polar surface area (TPSA) is 46.6 Å². The van der Waals surface area contributed by atoms with E-state index in [1.807, 2.05) is 13.8 Å². The lowest BCUT2D eigenvalue weighted by molar-refractivity contribution is -0.119. The molecule has 0 atom stereocenters. The van der Waals surface area contributed by atoms with Gasteiger partial charge in [0.1, 0.15) is 17.4 Å². The van der Waals surface area contributed by atoms with Crippen molar-refractivity contribution in [3.05, 3.63) is 64.6 Å². The van der Waals surface area contributed by atoms with E-state index in [9.17, 15) is 18.4 Å². The number of anilines is 1. The highest BCUT2D eigenvalue weighted by molar-refractivity contribution is 8.04. The van der Waals surface area contributed by atoms with Crippen molar-refractivity contribution < 1.29 is 23.1 Å². The van der Waals surface area contributed by atoms with Crippen molar-refractivity contribution >= 4 is 34.8 Å². The van der Waals surface area contributed by atoms with Gasteiger partial charge in [0.05, 0.1) is 22.8 Å². The monoisotopic (exact) mass is 389 g/mol. The molecule has 7 heteroatoms. The van der Waals surface area contributed by atoms with Crippen molar-refractivity contribution in [2.45, 2.75) is 13.8 Å². The van der Waals surface area contributed by atoms with Crippen LogP contribution in [0.3, 0.4) is 0 Å². The van der Waals surface area contributed by atoms with E-state index in [2.05, 4.69) is 0 Å². The van der Waals surface area contributed by atoms with E-state index in [4.69, 9.17) is 4.74 Å². The second kappa shape index (κ2) is 7.92. The van der Waals surface area contributed by atoms with E-state index in [0.29, 0.717) is 29.7 Å². The van der Waals surface area contributed by atoms with Gasteiger partial charge in [-0.05, 0) is 42.5 Å². The Morgan fingerprint density at radius 3 is 2.30 bits per heavy atom. The number of rotatable bonds is 6. The number of amides is 2. The van der Waals surface area contributed by atoms with Gasteiger partial charge in [0, 0.05) is 6.07 Å². The molecule has 2 aromatic rings. The maximum Gasteiger partial charge on any atom is 0.272 e. The first-order valence-corrected chi connectivity index (χ1v) is 9.40. The number of hydrogen-bond donors (Lipinski definition) is 0.